The van der Waals surface area contributed by atoms with Crippen molar-refractivity contribution in [3.63, 3.8) is 0 Å². The van der Waals surface area contributed by atoms with Crippen molar-refractivity contribution in [2.75, 3.05) is 11.4 Å². The zero-order chi connectivity index (χ0) is 12.4. The molecule has 0 fully saturated rings. The number of phenolic OH excluding ortho intramolecular Hbond substituents is 1. The Morgan fingerprint density at radius 1 is 1.06 bits per heavy atom. The Morgan fingerprint density at radius 3 is 2.72 bits per heavy atom. The molecule has 3 rings (SSSR count). The van der Waals surface area contributed by atoms with Crippen LogP contribution >= 0.6 is 0 Å². The van der Waals surface area contributed by atoms with Gasteiger partial charge in [-0.2, -0.15) is 0 Å². The minimum Gasteiger partial charge on any atom is -0.508 e. The second-order valence-electron chi connectivity index (χ2n) is 4.82. The highest BCUT2D eigenvalue weighted by Crippen LogP contribution is 2.31. The molecule has 0 saturated carbocycles. The lowest BCUT2D eigenvalue weighted by molar-refractivity contribution is 0.474. The summed E-state index contributed by atoms with van der Waals surface area (Å²) < 4.78 is 0. The van der Waals surface area contributed by atoms with Crippen LogP contribution in [0.15, 0.2) is 48.5 Å². The van der Waals surface area contributed by atoms with Crippen molar-refractivity contribution in [2.45, 2.75) is 19.4 Å². The third kappa shape index (κ3) is 2.19. The smallest absolute Gasteiger partial charge is 0.117 e. The van der Waals surface area contributed by atoms with Crippen molar-refractivity contribution in [1.82, 2.24) is 0 Å². The summed E-state index contributed by atoms with van der Waals surface area (Å²) in [6, 6.07) is 16.2. The summed E-state index contributed by atoms with van der Waals surface area (Å²) >= 11 is 0. The molecule has 0 aliphatic carbocycles. The van der Waals surface area contributed by atoms with Crippen LogP contribution in [0.3, 0.4) is 0 Å². The molecule has 0 unspecified atom stereocenters. The van der Waals surface area contributed by atoms with E-state index in [0.29, 0.717) is 5.75 Å². The molecule has 1 aliphatic rings. The molecule has 18 heavy (non-hydrogen) atoms. The number of rotatable bonds is 2. The Bertz CT molecular complexity index is 536. The summed E-state index contributed by atoms with van der Waals surface area (Å²) in [7, 11) is 0. The van der Waals surface area contributed by atoms with Crippen LogP contribution in [0.2, 0.25) is 0 Å². The average Bonchev–Trinajstić information content (AvgIpc) is 2.41. The van der Waals surface area contributed by atoms with Gasteiger partial charge in [0.25, 0.3) is 0 Å². The van der Waals surface area contributed by atoms with E-state index in [1.165, 1.54) is 23.2 Å². The lowest BCUT2D eigenvalue weighted by Crippen LogP contribution is -2.28. The Morgan fingerprint density at radius 2 is 1.89 bits per heavy atom. The summed E-state index contributed by atoms with van der Waals surface area (Å²) in [5, 5.41) is 9.65. The van der Waals surface area contributed by atoms with Crippen molar-refractivity contribution in [1.29, 1.82) is 0 Å². The molecule has 92 valence electrons. The van der Waals surface area contributed by atoms with Crippen LogP contribution in [-0.4, -0.2) is 11.7 Å². The molecule has 0 amide bonds. The van der Waals surface area contributed by atoms with Crippen molar-refractivity contribution in [3.05, 3.63) is 59.7 Å². The molecule has 0 bridgehead atoms. The Labute approximate surface area is 107 Å². The Balaban J connectivity index is 1.89. The predicted molar refractivity (Wildman–Crippen MR) is 73.9 cm³/mol. The number of aromatic hydroxyl groups is 1. The fraction of sp³-hybridized carbons (Fsp3) is 0.250. The van der Waals surface area contributed by atoms with E-state index in [0.717, 1.165) is 19.5 Å². The standard InChI is InChI=1S/C16H17NO/c18-15-9-8-14-7-4-10-17(16(14)11-15)12-13-5-2-1-3-6-13/h1-3,5-6,8-9,11,18H,4,7,10,12H2. The van der Waals surface area contributed by atoms with E-state index in [1.807, 2.05) is 18.2 Å². The van der Waals surface area contributed by atoms with Crippen LogP contribution in [0.1, 0.15) is 17.5 Å². The lowest BCUT2D eigenvalue weighted by atomic mass is 10.0. The fourth-order valence-corrected chi connectivity index (χ4v) is 2.61. The van der Waals surface area contributed by atoms with Crippen molar-refractivity contribution in [2.24, 2.45) is 0 Å². The van der Waals surface area contributed by atoms with E-state index >= 15 is 0 Å². The lowest BCUT2D eigenvalue weighted by Gasteiger charge is -2.31. The maximum atomic E-state index is 9.65. The minimum atomic E-state index is 0.355. The Hall–Kier alpha value is -1.96. The molecular formula is C16H17NO. The second kappa shape index (κ2) is 4.73. The largest absolute Gasteiger partial charge is 0.508 e. The highest BCUT2D eigenvalue weighted by molar-refractivity contribution is 5.58. The SMILES string of the molecule is Oc1ccc2c(c1)N(Cc1ccccc1)CCC2. The highest BCUT2D eigenvalue weighted by Gasteiger charge is 2.17. The minimum absolute atomic E-state index is 0.355. The molecular weight excluding hydrogens is 222 g/mol. The van der Waals surface area contributed by atoms with E-state index in [1.54, 1.807) is 6.07 Å². The van der Waals surface area contributed by atoms with Gasteiger partial charge in [0.2, 0.25) is 0 Å². The van der Waals surface area contributed by atoms with Gasteiger partial charge in [0.1, 0.15) is 5.75 Å². The molecule has 2 nitrogen and oxygen atoms in total. The third-order valence-corrected chi connectivity index (χ3v) is 3.50. The van der Waals surface area contributed by atoms with Gasteiger partial charge in [0.05, 0.1) is 0 Å². The monoisotopic (exact) mass is 239 g/mol. The number of hydrogen-bond acceptors (Lipinski definition) is 2. The van der Waals surface area contributed by atoms with Crippen LogP contribution in [0, 0.1) is 0 Å². The summed E-state index contributed by atoms with van der Waals surface area (Å²) in [5.74, 6) is 0.355. The van der Waals surface area contributed by atoms with Gasteiger partial charge in [0, 0.05) is 24.8 Å². The van der Waals surface area contributed by atoms with Gasteiger partial charge >= 0.3 is 0 Å². The highest BCUT2D eigenvalue weighted by atomic mass is 16.3. The summed E-state index contributed by atoms with van der Waals surface area (Å²) in [5.41, 5.74) is 3.84. The first-order chi connectivity index (χ1) is 8.83. The number of anilines is 1. The average molecular weight is 239 g/mol. The van der Waals surface area contributed by atoms with E-state index in [9.17, 15) is 5.11 Å². The van der Waals surface area contributed by atoms with Crippen LogP contribution < -0.4 is 4.90 Å². The van der Waals surface area contributed by atoms with E-state index < -0.39 is 0 Å². The predicted octanol–water partition coefficient (Wildman–Crippen LogP) is 3.35. The molecule has 0 radical (unpaired) electrons. The van der Waals surface area contributed by atoms with E-state index in [2.05, 4.69) is 29.2 Å². The first kappa shape index (κ1) is 11.1. The van der Waals surface area contributed by atoms with Gasteiger partial charge in [-0.3, -0.25) is 0 Å². The van der Waals surface area contributed by atoms with Crippen molar-refractivity contribution < 1.29 is 5.11 Å². The zero-order valence-corrected chi connectivity index (χ0v) is 10.3. The summed E-state index contributed by atoms with van der Waals surface area (Å²) in [6.45, 7) is 1.97. The fourth-order valence-electron chi connectivity index (χ4n) is 2.61. The van der Waals surface area contributed by atoms with Gasteiger partial charge in [-0.05, 0) is 30.0 Å². The molecule has 0 spiro atoms. The normalized spacial score (nSPS) is 14.3. The molecule has 2 aromatic rings. The second-order valence-corrected chi connectivity index (χ2v) is 4.82. The number of benzene rings is 2. The van der Waals surface area contributed by atoms with Crippen LogP contribution in [-0.2, 0) is 13.0 Å². The van der Waals surface area contributed by atoms with Crippen molar-refractivity contribution in [3.8, 4) is 5.75 Å². The molecule has 1 aliphatic heterocycles. The molecule has 1 N–H and O–H groups in total. The Kier molecular flexibility index (Phi) is 2.93. The number of nitrogens with zero attached hydrogens (tertiary/aromatic N) is 1. The number of fused-ring (bicyclic) bond motifs is 1. The molecule has 0 saturated heterocycles. The van der Waals surface area contributed by atoms with Crippen LogP contribution in [0.25, 0.3) is 0 Å². The quantitative estimate of drug-likeness (QED) is 0.868. The topological polar surface area (TPSA) is 23.5 Å². The summed E-state index contributed by atoms with van der Waals surface area (Å²) in [4.78, 5) is 2.36. The van der Waals surface area contributed by atoms with Gasteiger partial charge in [-0.15, -0.1) is 0 Å². The molecule has 0 atom stereocenters. The van der Waals surface area contributed by atoms with Gasteiger partial charge in [0.15, 0.2) is 0 Å². The van der Waals surface area contributed by atoms with Crippen LogP contribution in [0.4, 0.5) is 5.69 Å². The molecule has 0 aromatic heterocycles. The maximum absolute atomic E-state index is 9.65. The number of hydrogen-bond donors (Lipinski definition) is 1. The summed E-state index contributed by atoms with van der Waals surface area (Å²) in [6.07, 6.45) is 2.30. The first-order valence-electron chi connectivity index (χ1n) is 6.44. The molecule has 2 heteroatoms. The van der Waals surface area contributed by atoms with Crippen molar-refractivity contribution >= 4 is 5.69 Å². The van der Waals surface area contributed by atoms with Gasteiger partial charge in [-0.1, -0.05) is 36.4 Å². The van der Waals surface area contributed by atoms with E-state index in [4.69, 9.17) is 0 Å². The first-order valence-corrected chi connectivity index (χ1v) is 6.44. The van der Waals surface area contributed by atoms with Gasteiger partial charge in [-0.25, -0.2) is 0 Å². The maximum Gasteiger partial charge on any atom is 0.117 e. The van der Waals surface area contributed by atoms with Gasteiger partial charge < -0.3 is 10.0 Å². The third-order valence-electron chi connectivity index (χ3n) is 3.50. The zero-order valence-electron chi connectivity index (χ0n) is 10.3. The molecule has 2 aromatic carbocycles. The number of aryl methyl sites for hydroxylation is 1. The molecule has 1 heterocycles. The van der Waals surface area contributed by atoms with E-state index in [-0.39, 0.29) is 0 Å². The van der Waals surface area contributed by atoms with Crippen LogP contribution in [0.5, 0.6) is 5.75 Å². The number of phenols is 1.